The molecule has 0 fully saturated rings. The molecule has 0 aliphatic rings. The highest BCUT2D eigenvalue weighted by molar-refractivity contribution is 5.03. The first kappa shape index (κ1) is 12.5. The number of nitro groups is 2. The molecule has 0 aliphatic carbocycles. The van der Waals surface area contributed by atoms with Crippen molar-refractivity contribution in [2.24, 2.45) is 0 Å². The van der Waals surface area contributed by atoms with Crippen molar-refractivity contribution in [2.45, 2.75) is 38.8 Å². The second kappa shape index (κ2) is 3.73. The molecule has 0 aromatic heterocycles. The number of rotatable bonds is 4. The van der Waals surface area contributed by atoms with E-state index in [9.17, 15) is 20.2 Å². The molecule has 0 heterocycles. The van der Waals surface area contributed by atoms with Crippen LogP contribution in [-0.4, -0.2) is 20.9 Å². The lowest BCUT2D eigenvalue weighted by molar-refractivity contribution is -0.551. The molecule has 0 radical (unpaired) electrons. The molecule has 80 valence electrons. The van der Waals surface area contributed by atoms with Crippen LogP contribution in [-0.2, 0) is 0 Å². The first-order valence-electron chi connectivity index (χ1n) is 4.09. The molecule has 0 aliphatic heterocycles. The summed E-state index contributed by atoms with van der Waals surface area (Å²) in [7, 11) is 0. The Morgan fingerprint density at radius 1 is 0.857 bits per heavy atom. The van der Waals surface area contributed by atoms with Gasteiger partial charge < -0.3 is 0 Å². The molecule has 0 N–H and O–H groups in total. The monoisotopic (exact) mass is 202 g/mol. The van der Waals surface area contributed by atoms with Crippen LogP contribution in [0.5, 0.6) is 0 Å². The van der Waals surface area contributed by atoms with Crippen LogP contribution < -0.4 is 0 Å². The zero-order valence-corrected chi connectivity index (χ0v) is 8.68. The van der Waals surface area contributed by atoms with Gasteiger partial charge in [-0.2, -0.15) is 0 Å². The van der Waals surface area contributed by atoms with Gasteiger partial charge in [-0.1, -0.05) is 0 Å². The summed E-state index contributed by atoms with van der Waals surface area (Å²) in [5, 5.41) is 21.0. The predicted octanol–water partition coefficient (Wildman–Crippen LogP) is 1.65. The van der Waals surface area contributed by atoms with E-state index in [2.05, 4.69) is 0 Å². The van der Waals surface area contributed by atoms with Crippen molar-refractivity contribution < 1.29 is 9.85 Å². The van der Waals surface area contributed by atoms with E-state index in [0.29, 0.717) is 0 Å². The normalized spacial score (nSPS) is 13.1. The highest BCUT2D eigenvalue weighted by atomic mass is 16.6. The molecule has 0 atom stereocenters. The van der Waals surface area contributed by atoms with Crippen LogP contribution in [0, 0.1) is 20.2 Å². The van der Waals surface area contributed by atoms with E-state index in [-0.39, 0.29) is 0 Å². The van der Waals surface area contributed by atoms with Gasteiger partial charge in [-0.05, 0) is 12.2 Å². The summed E-state index contributed by atoms with van der Waals surface area (Å²) in [6.07, 6.45) is 2.49. The molecular formula is C8H14N2O4. The summed E-state index contributed by atoms with van der Waals surface area (Å²) >= 11 is 0. The van der Waals surface area contributed by atoms with Crippen LogP contribution in [0.3, 0.4) is 0 Å². The van der Waals surface area contributed by atoms with Crippen molar-refractivity contribution in [3.05, 3.63) is 32.4 Å². The van der Waals surface area contributed by atoms with Crippen LogP contribution in [0.1, 0.15) is 27.7 Å². The second-order valence-electron chi connectivity index (χ2n) is 4.15. The van der Waals surface area contributed by atoms with E-state index < -0.39 is 20.9 Å². The van der Waals surface area contributed by atoms with Crippen molar-refractivity contribution in [3.63, 3.8) is 0 Å². The highest BCUT2D eigenvalue weighted by Crippen LogP contribution is 2.15. The average Bonchev–Trinajstić information content (AvgIpc) is 2.01. The third-order valence-electron chi connectivity index (χ3n) is 1.84. The van der Waals surface area contributed by atoms with Gasteiger partial charge in [0, 0.05) is 37.5 Å². The van der Waals surface area contributed by atoms with E-state index in [4.69, 9.17) is 0 Å². The highest BCUT2D eigenvalue weighted by Gasteiger charge is 2.32. The lowest BCUT2D eigenvalue weighted by atomic mass is 9.99. The quantitative estimate of drug-likeness (QED) is 0.394. The van der Waals surface area contributed by atoms with Gasteiger partial charge in [0.05, 0.1) is 0 Å². The van der Waals surface area contributed by atoms with Crippen molar-refractivity contribution in [1.82, 2.24) is 0 Å². The van der Waals surface area contributed by atoms with E-state index in [1.165, 1.54) is 39.8 Å². The fourth-order valence-corrected chi connectivity index (χ4v) is 0.530. The van der Waals surface area contributed by atoms with Crippen LogP contribution in [0.2, 0.25) is 0 Å². The third-order valence-corrected chi connectivity index (χ3v) is 1.84. The lowest BCUT2D eigenvalue weighted by Gasteiger charge is -2.13. The molecule has 0 saturated carbocycles. The van der Waals surface area contributed by atoms with Gasteiger partial charge in [0.1, 0.15) is 0 Å². The summed E-state index contributed by atoms with van der Waals surface area (Å²) in [6, 6.07) is 0. The predicted molar refractivity (Wildman–Crippen MR) is 51.3 cm³/mol. The number of nitrogens with zero attached hydrogens (tertiary/aromatic N) is 2. The molecule has 6 nitrogen and oxygen atoms in total. The smallest absolute Gasteiger partial charge is 0.235 e. The molecule has 0 spiro atoms. The Balaban J connectivity index is 4.76. The van der Waals surface area contributed by atoms with E-state index >= 15 is 0 Å². The van der Waals surface area contributed by atoms with Crippen molar-refractivity contribution in [2.75, 3.05) is 0 Å². The minimum absolute atomic E-state index is 0.487. The molecule has 0 unspecified atom stereocenters. The fraction of sp³-hybridized carbons (Fsp3) is 0.750. The third kappa shape index (κ3) is 3.12. The number of hydrogen-bond donors (Lipinski definition) is 0. The van der Waals surface area contributed by atoms with Gasteiger partial charge in [-0.15, -0.1) is 0 Å². The summed E-state index contributed by atoms with van der Waals surface area (Å²) < 4.78 is 0. The summed E-state index contributed by atoms with van der Waals surface area (Å²) in [4.78, 5) is 20.0. The van der Waals surface area contributed by atoms with Crippen molar-refractivity contribution in [3.8, 4) is 0 Å². The Morgan fingerprint density at radius 3 is 1.21 bits per heavy atom. The fourth-order valence-electron chi connectivity index (χ4n) is 0.530. The molecule has 0 saturated heterocycles. The summed E-state index contributed by atoms with van der Waals surface area (Å²) in [6.45, 7) is 5.55. The van der Waals surface area contributed by atoms with Gasteiger partial charge in [0.25, 0.3) is 0 Å². The van der Waals surface area contributed by atoms with Crippen molar-refractivity contribution >= 4 is 0 Å². The Morgan fingerprint density at radius 2 is 1.07 bits per heavy atom. The minimum Gasteiger partial charge on any atom is -0.264 e. The molecule has 0 aromatic carbocycles. The molecule has 0 aromatic rings. The van der Waals surface area contributed by atoms with E-state index in [0.717, 1.165) is 0 Å². The SMILES string of the molecule is CC(C)(/C=C/C(C)(C)[N+](=O)[O-])[N+](=O)[O-]. The Bertz CT molecular complexity index is 253. The minimum atomic E-state index is -1.27. The van der Waals surface area contributed by atoms with Gasteiger partial charge in [0.15, 0.2) is 0 Å². The van der Waals surface area contributed by atoms with Gasteiger partial charge in [0.2, 0.25) is 11.1 Å². The molecule has 0 amide bonds. The standard InChI is InChI=1S/C8H14N2O4/c1-7(2,9(11)12)5-6-8(3,4)10(13)14/h5-6H,1-4H3/b6-5+. The topological polar surface area (TPSA) is 86.3 Å². The molecular weight excluding hydrogens is 188 g/mol. The maximum Gasteiger partial charge on any atom is 0.235 e. The maximum atomic E-state index is 10.5. The second-order valence-corrected chi connectivity index (χ2v) is 4.15. The van der Waals surface area contributed by atoms with Crippen LogP contribution in [0.4, 0.5) is 0 Å². The molecule has 0 rings (SSSR count). The summed E-state index contributed by atoms with van der Waals surface area (Å²) in [5.74, 6) is 0. The maximum absolute atomic E-state index is 10.5. The molecule has 6 heteroatoms. The van der Waals surface area contributed by atoms with E-state index in [1.54, 1.807) is 0 Å². The van der Waals surface area contributed by atoms with Gasteiger partial charge >= 0.3 is 0 Å². The molecule has 0 bridgehead atoms. The summed E-state index contributed by atoms with van der Waals surface area (Å²) in [5.41, 5.74) is -2.54. The zero-order chi connectivity index (χ0) is 11.6. The van der Waals surface area contributed by atoms with Gasteiger partial charge in [-0.3, -0.25) is 20.2 Å². The lowest BCUT2D eigenvalue weighted by Crippen LogP contribution is -2.32. The van der Waals surface area contributed by atoms with Crippen LogP contribution >= 0.6 is 0 Å². The Labute approximate surface area is 81.9 Å². The van der Waals surface area contributed by atoms with E-state index in [1.807, 2.05) is 0 Å². The zero-order valence-electron chi connectivity index (χ0n) is 8.68. The number of hydrogen-bond acceptors (Lipinski definition) is 4. The largest absolute Gasteiger partial charge is 0.264 e. The van der Waals surface area contributed by atoms with Crippen LogP contribution in [0.15, 0.2) is 12.2 Å². The van der Waals surface area contributed by atoms with Crippen molar-refractivity contribution in [1.29, 1.82) is 0 Å². The van der Waals surface area contributed by atoms with Crippen LogP contribution in [0.25, 0.3) is 0 Å². The average molecular weight is 202 g/mol. The van der Waals surface area contributed by atoms with Gasteiger partial charge in [-0.25, -0.2) is 0 Å². The molecule has 14 heavy (non-hydrogen) atoms. The first-order valence-corrected chi connectivity index (χ1v) is 4.09. The first-order chi connectivity index (χ1) is 6.09. The Kier molecular flexibility index (Phi) is 3.34. The Hall–Kier alpha value is -1.46.